The Kier molecular flexibility index (Phi) is 3.63. The number of rotatable bonds is 2. The van der Waals surface area contributed by atoms with E-state index in [1.54, 1.807) is 11.6 Å². The van der Waals surface area contributed by atoms with Gasteiger partial charge in [-0.05, 0) is 43.8 Å². The molecule has 0 spiro atoms. The van der Waals surface area contributed by atoms with Gasteiger partial charge in [-0.2, -0.15) is 0 Å². The van der Waals surface area contributed by atoms with Gasteiger partial charge in [0.2, 0.25) is 5.91 Å². The summed E-state index contributed by atoms with van der Waals surface area (Å²) in [7, 11) is 0. The first-order chi connectivity index (χ1) is 8.89. The van der Waals surface area contributed by atoms with Crippen LogP contribution in [-0.2, 0) is 9.59 Å². The van der Waals surface area contributed by atoms with Gasteiger partial charge >= 0.3 is 0 Å². The first-order valence-electron chi connectivity index (χ1n) is 6.77. The molecule has 0 bridgehead atoms. The molecule has 2 N–H and O–H groups in total. The summed E-state index contributed by atoms with van der Waals surface area (Å²) in [6.45, 7) is 5.86. The van der Waals surface area contributed by atoms with Crippen molar-refractivity contribution in [3.63, 3.8) is 0 Å². The molecule has 104 valence electrons. The lowest BCUT2D eigenvalue weighted by Crippen LogP contribution is -2.37. The molecule has 0 heterocycles. The molecule has 0 aromatic rings. The van der Waals surface area contributed by atoms with Crippen LogP contribution >= 0.6 is 0 Å². The first kappa shape index (κ1) is 14.0. The lowest BCUT2D eigenvalue weighted by molar-refractivity contribution is -0.134. The summed E-state index contributed by atoms with van der Waals surface area (Å²) in [6.07, 6.45) is 6.30. The van der Waals surface area contributed by atoms with Crippen molar-refractivity contribution >= 4 is 11.7 Å². The van der Waals surface area contributed by atoms with Crippen LogP contribution in [0.1, 0.15) is 40.0 Å². The van der Waals surface area contributed by atoms with E-state index < -0.39 is 0 Å². The van der Waals surface area contributed by atoms with Crippen LogP contribution in [-0.4, -0.2) is 16.9 Å². The van der Waals surface area contributed by atoms with Crippen molar-refractivity contribution in [2.75, 3.05) is 0 Å². The zero-order chi connectivity index (χ0) is 14.2. The standard InChI is InChI=1S/C15H21NO3/c1-9(14(18)16-19)11-4-6-15(3)7-5-13(17)10(2)12(15)8-11/h5,7,9,11,19H,4,6,8H2,1-3H3,(H,16,18)/t9-,11?,15-/m0/s1. The number of ketones is 1. The van der Waals surface area contributed by atoms with Gasteiger partial charge < -0.3 is 0 Å². The van der Waals surface area contributed by atoms with E-state index in [9.17, 15) is 9.59 Å². The summed E-state index contributed by atoms with van der Waals surface area (Å²) >= 11 is 0. The second kappa shape index (κ2) is 4.93. The SMILES string of the molecule is CC1=C2CC([C@H](C)C(=O)NO)CC[C@@]2(C)C=CC1=O. The number of allylic oxidation sites excluding steroid dienone is 4. The van der Waals surface area contributed by atoms with Crippen molar-refractivity contribution in [3.8, 4) is 0 Å². The molecule has 2 aliphatic rings. The molecule has 4 heteroatoms. The molecule has 1 fully saturated rings. The van der Waals surface area contributed by atoms with Crippen molar-refractivity contribution < 1.29 is 14.8 Å². The van der Waals surface area contributed by atoms with Gasteiger partial charge in [-0.1, -0.05) is 25.5 Å². The van der Waals surface area contributed by atoms with Gasteiger partial charge in [-0.15, -0.1) is 0 Å². The van der Waals surface area contributed by atoms with Crippen LogP contribution in [0.25, 0.3) is 0 Å². The van der Waals surface area contributed by atoms with E-state index in [2.05, 4.69) is 6.92 Å². The monoisotopic (exact) mass is 263 g/mol. The molecule has 0 aliphatic heterocycles. The van der Waals surface area contributed by atoms with Gasteiger partial charge in [0.05, 0.1) is 0 Å². The summed E-state index contributed by atoms with van der Waals surface area (Å²) in [5.74, 6) is -0.322. The second-order valence-corrected chi connectivity index (χ2v) is 5.99. The van der Waals surface area contributed by atoms with Crippen LogP contribution in [0.2, 0.25) is 0 Å². The van der Waals surface area contributed by atoms with Crippen molar-refractivity contribution in [1.82, 2.24) is 5.48 Å². The third kappa shape index (κ3) is 2.37. The lowest BCUT2D eigenvalue weighted by Gasteiger charge is -2.42. The summed E-state index contributed by atoms with van der Waals surface area (Å²) < 4.78 is 0. The Morgan fingerprint density at radius 1 is 1.58 bits per heavy atom. The molecule has 1 unspecified atom stereocenters. The van der Waals surface area contributed by atoms with Gasteiger partial charge in [-0.25, -0.2) is 5.48 Å². The van der Waals surface area contributed by atoms with Crippen molar-refractivity contribution in [3.05, 3.63) is 23.3 Å². The number of hydrogen-bond donors (Lipinski definition) is 2. The second-order valence-electron chi connectivity index (χ2n) is 5.99. The molecule has 0 saturated heterocycles. The van der Waals surface area contributed by atoms with Crippen LogP contribution in [0.15, 0.2) is 23.3 Å². The number of fused-ring (bicyclic) bond motifs is 1. The highest BCUT2D eigenvalue weighted by atomic mass is 16.5. The predicted octanol–water partition coefficient (Wildman–Crippen LogP) is 2.39. The topological polar surface area (TPSA) is 66.4 Å². The number of hydroxylamine groups is 1. The van der Waals surface area contributed by atoms with Crippen LogP contribution in [0.5, 0.6) is 0 Å². The highest BCUT2D eigenvalue weighted by Gasteiger charge is 2.40. The first-order valence-corrected chi connectivity index (χ1v) is 6.77. The Hall–Kier alpha value is -1.42. The molecule has 3 atom stereocenters. The van der Waals surface area contributed by atoms with E-state index in [0.29, 0.717) is 0 Å². The molecule has 0 radical (unpaired) electrons. The van der Waals surface area contributed by atoms with Crippen LogP contribution in [0, 0.1) is 17.3 Å². The molecular weight excluding hydrogens is 242 g/mol. The third-order valence-corrected chi connectivity index (χ3v) is 4.85. The van der Waals surface area contributed by atoms with E-state index in [4.69, 9.17) is 5.21 Å². The molecule has 2 aliphatic carbocycles. The fourth-order valence-electron chi connectivity index (χ4n) is 3.27. The summed E-state index contributed by atoms with van der Waals surface area (Å²) in [6, 6.07) is 0. The fraction of sp³-hybridized carbons (Fsp3) is 0.600. The Balaban J connectivity index is 2.24. The van der Waals surface area contributed by atoms with Crippen molar-refractivity contribution in [2.24, 2.45) is 17.3 Å². The summed E-state index contributed by atoms with van der Waals surface area (Å²) in [4.78, 5) is 23.3. The van der Waals surface area contributed by atoms with Crippen molar-refractivity contribution in [2.45, 2.75) is 40.0 Å². The molecule has 4 nitrogen and oxygen atoms in total. The molecule has 0 aromatic heterocycles. The Bertz CT molecular complexity index is 478. The minimum absolute atomic E-state index is 0.0378. The van der Waals surface area contributed by atoms with E-state index in [0.717, 1.165) is 30.4 Å². The van der Waals surface area contributed by atoms with Crippen LogP contribution in [0.4, 0.5) is 0 Å². The minimum atomic E-state index is -0.343. The molecule has 0 aromatic carbocycles. The van der Waals surface area contributed by atoms with E-state index in [1.807, 2.05) is 19.9 Å². The number of amides is 1. The normalized spacial score (nSPS) is 32.0. The van der Waals surface area contributed by atoms with Crippen LogP contribution in [0.3, 0.4) is 0 Å². The van der Waals surface area contributed by atoms with Gasteiger partial charge in [0.15, 0.2) is 5.78 Å². The summed E-state index contributed by atoms with van der Waals surface area (Å²) in [5.41, 5.74) is 3.68. The highest BCUT2D eigenvalue weighted by molar-refractivity contribution is 6.05. The van der Waals surface area contributed by atoms with Gasteiger partial charge in [-0.3, -0.25) is 14.8 Å². The van der Waals surface area contributed by atoms with Gasteiger partial charge in [0.25, 0.3) is 0 Å². The largest absolute Gasteiger partial charge is 0.290 e. The average Bonchev–Trinajstić information content (AvgIpc) is 2.41. The molecule has 2 rings (SSSR count). The maximum Gasteiger partial charge on any atom is 0.246 e. The zero-order valence-electron chi connectivity index (χ0n) is 11.7. The molecule has 1 amide bonds. The summed E-state index contributed by atoms with van der Waals surface area (Å²) in [5, 5.41) is 8.74. The quantitative estimate of drug-likeness (QED) is 0.594. The average molecular weight is 263 g/mol. The van der Waals surface area contributed by atoms with Crippen molar-refractivity contribution in [1.29, 1.82) is 0 Å². The van der Waals surface area contributed by atoms with E-state index in [-0.39, 0.29) is 28.9 Å². The Morgan fingerprint density at radius 2 is 2.26 bits per heavy atom. The number of hydrogen-bond acceptors (Lipinski definition) is 3. The van der Waals surface area contributed by atoms with Gasteiger partial charge in [0, 0.05) is 11.3 Å². The van der Waals surface area contributed by atoms with Gasteiger partial charge in [0.1, 0.15) is 0 Å². The maximum absolute atomic E-state index is 11.8. The molecular formula is C15H21NO3. The lowest BCUT2D eigenvalue weighted by atomic mass is 9.62. The molecule has 19 heavy (non-hydrogen) atoms. The van der Waals surface area contributed by atoms with E-state index >= 15 is 0 Å². The molecule has 1 saturated carbocycles. The number of carbonyl (C=O) groups is 2. The minimum Gasteiger partial charge on any atom is -0.290 e. The zero-order valence-corrected chi connectivity index (χ0v) is 11.7. The van der Waals surface area contributed by atoms with E-state index in [1.165, 1.54) is 0 Å². The fourth-order valence-corrected chi connectivity index (χ4v) is 3.27. The number of carbonyl (C=O) groups excluding carboxylic acids is 2. The highest BCUT2D eigenvalue weighted by Crippen LogP contribution is 2.49. The predicted molar refractivity (Wildman–Crippen MR) is 71.4 cm³/mol. The maximum atomic E-state index is 11.8. The number of nitrogens with one attached hydrogen (secondary N) is 1. The smallest absolute Gasteiger partial charge is 0.246 e. The Labute approximate surface area is 113 Å². The third-order valence-electron chi connectivity index (χ3n) is 4.85. The van der Waals surface area contributed by atoms with Crippen LogP contribution < -0.4 is 5.48 Å². The Morgan fingerprint density at radius 3 is 2.89 bits per heavy atom.